The summed E-state index contributed by atoms with van der Waals surface area (Å²) in [7, 11) is 0. The predicted molar refractivity (Wildman–Crippen MR) is 75.2 cm³/mol. The van der Waals surface area contributed by atoms with Gasteiger partial charge in [0.25, 0.3) is 0 Å². The van der Waals surface area contributed by atoms with E-state index in [2.05, 4.69) is 0 Å². The number of nitrogens with zero attached hydrogens (tertiary/aromatic N) is 1. The number of hydrogen-bond acceptors (Lipinski definition) is 3. The number of halogens is 1. The van der Waals surface area contributed by atoms with Gasteiger partial charge in [-0.05, 0) is 43.9 Å². The third-order valence-electron chi connectivity index (χ3n) is 3.80. The minimum atomic E-state index is -0.369. The number of piperidine rings is 1. The first-order chi connectivity index (χ1) is 9.47. The van der Waals surface area contributed by atoms with Crippen LogP contribution >= 0.6 is 0 Å². The lowest BCUT2D eigenvalue weighted by atomic mass is 9.93. The fraction of sp³-hybridized carbons (Fsp3) is 0.467. The molecule has 0 radical (unpaired) electrons. The highest BCUT2D eigenvalue weighted by Gasteiger charge is 2.22. The van der Waals surface area contributed by atoms with Crippen LogP contribution in [0.1, 0.15) is 36.5 Å². The van der Waals surface area contributed by atoms with Crippen LogP contribution in [0, 0.1) is 11.7 Å². The molecule has 2 rings (SSSR count). The molecule has 2 N–H and O–H groups in total. The van der Waals surface area contributed by atoms with Crippen LogP contribution in [-0.2, 0) is 4.79 Å². The van der Waals surface area contributed by atoms with Crippen molar-refractivity contribution < 1.29 is 14.0 Å². The lowest BCUT2D eigenvalue weighted by Gasteiger charge is -2.33. The SMILES string of the molecule is CC(=O)c1ccc(N2CCC(CC(N)=O)CC2)c(F)c1. The average molecular weight is 278 g/mol. The minimum Gasteiger partial charge on any atom is -0.370 e. The van der Waals surface area contributed by atoms with E-state index in [1.165, 1.54) is 13.0 Å². The quantitative estimate of drug-likeness (QED) is 0.858. The smallest absolute Gasteiger partial charge is 0.217 e. The summed E-state index contributed by atoms with van der Waals surface area (Å²) in [5, 5.41) is 0. The normalized spacial score (nSPS) is 16.2. The molecule has 4 nitrogen and oxygen atoms in total. The number of rotatable bonds is 4. The largest absolute Gasteiger partial charge is 0.370 e. The number of nitrogens with two attached hydrogens (primary N) is 1. The Kier molecular flexibility index (Phi) is 4.37. The summed E-state index contributed by atoms with van der Waals surface area (Å²) in [5.41, 5.74) is 6.10. The van der Waals surface area contributed by atoms with Gasteiger partial charge in [-0.2, -0.15) is 0 Å². The van der Waals surface area contributed by atoms with Crippen LogP contribution in [0.25, 0.3) is 0 Å². The highest BCUT2D eigenvalue weighted by molar-refractivity contribution is 5.94. The van der Waals surface area contributed by atoms with Crippen molar-refractivity contribution in [1.82, 2.24) is 0 Å². The summed E-state index contributed by atoms with van der Waals surface area (Å²) in [5.74, 6) is -0.495. The van der Waals surface area contributed by atoms with E-state index >= 15 is 0 Å². The van der Waals surface area contributed by atoms with Crippen molar-refractivity contribution in [2.75, 3.05) is 18.0 Å². The molecule has 1 aliphatic heterocycles. The van der Waals surface area contributed by atoms with E-state index in [-0.39, 0.29) is 17.5 Å². The lowest BCUT2D eigenvalue weighted by molar-refractivity contribution is -0.119. The number of primary amides is 1. The standard InChI is InChI=1S/C15H19FN2O2/c1-10(19)12-2-3-14(13(16)9-12)18-6-4-11(5-7-18)8-15(17)20/h2-3,9,11H,4-8H2,1H3,(H2,17,20). The molecular weight excluding hydrogens is 259 g/mol. The van der Waals surface area contributed by atoms with Crippen molar-refractivity contribution in [3.05, 3.63) is 29.6 Å². The Morgan fingerprint density at radius 2 is 2.00 bits per heavy atom. The number of benzene rings is 1. The summed E-state index contributed by atoms with van der Waals surface area (Å²) in [6, 6.07) is 4.59. The zero-order valence-corrected chi connectivity index (χ0v) is 11.6. The van der Waals surface area contributed by atoms with Gasteiger partial charge in [0, 0.05) is 25.1 Å². The Labute approximate surface area is 117 Å². The number of Topliss-reactive ketones (excluding diaryl/α,β-unsaturated/α-hetero) is 1. The summed E-state index contributed by atoms with van der Waals surface area (Å²) in [6.45, 7) is 2.83. The molecular formula is C15H19FN2O2. The van der Waals surface area contributed by atoms with E-state index in [0.717, 1.165) is 12.8 Å². The molecule has 5 heteroatoms. The van der Waals surface area contributed by atoms with Gasteiger partial charge in [-0.15, -0.1) is 0 Å². The van der Waals surface area contributed by atoms with Gasteiger partial charge in [0.1, 0.15) is 5.82 Å². The molecule has 0 saturated carbocycles. The number of amides is 1. The Bertz CT molecular complexity index is 523. The highest BCUT2D eigenvalue weighted by atomic mass is 19.1. The summed E-state index contributed by atoms with van der Waals surface area (Å²) < 4.78 is 14.0. The van der Waals surface area contributed by atoms with Gasteiger partial charge >= 0.3 is 0 Å². The van der Waals surface area contributed by atoms with Gasteiger partial charge in [0.15, 0.2) is 5.78 Å². The molecule has 108 valence electrons. The minimum absolute atomic E-state index is 0.143. The maximum atomic E-state index is 14.0. The van der Waals surface area contributed by atoms with Crippen LogP contribution in [-0.4, -0.2) is 24.8 Å². The summed E-state index contributed by atoms with van der Waals surface area (Å²) in [6.07, 6.45) is 2.06. The van der Waals surface area contributed by atoms with E-state index in [4.69, 9.17) is 5.73 Å². The molecule has 1 heterocycles. The fourth-order valence-electron chi connectivity index (χ4n) is 2.64. The third-order valence-corrected chi connectivity index (χ3v) is 3.80. The van der Waals surface area contributed by atoms with Crippen LogP contribution < -0.4 is 10.6 Å². The molecule has 1 saturated heterocycles. The van der Waals surface area contributed by atoms with Crippen molar-refractivity contribution in [3.8, 4) is 0 Å². The number of carbonyl (C=O) groups is 2. The van der Waals surface area contributed by atoms with E-state index in [1.54, 1.807) is 12.1 Å². The third kappa shape index (κ3) is 3.35. The number of anilines is 1. The van der Waals surface area contributed by atoms with Crippen LogP contribution in [0.4, 0.5) is 10.1 Å². The fourth-order valence-corrected chi connectivity index (χ4v) is 2.64. The van der Waals surface area contributed by atoms with Crippen LogP contribution in [0.2, 0.25) is 0 Å². The van der Waals surface area contributed by atoms with Gasteiger partial charge < -0.3 is 10.6 Å². The first kappa shape index (κ1) is 14.5. The Hall–Kier alpha value is -1.91. The van der Waals surface area contributed by atoms with Crippen molar-refractivity contribution in [3.63, 3.8) is 0 Å². The molecule has 0 aromatic heterocycles. The number of carbonyl (C=O) groups excluding carboxylic acids is 2. The first-order valence-corrected chi connectivity index (χ1v) is 6.81. The molecule has 1 fully saturated rings. The van der Waals surface area contributed by atoms with Crippen molar-refractivity contribution >= 4 is 17.4 Å². The molecule has 0 aliphatic carbocycles. The molecule has 0 spiro atoms. The van der Waals surface area contributed by atoms with Crippen LogP contribution in [0.3, 0.4) is 0 Å². The lowest BCUT2D eigenvalue weighted by Crippen LogP contribution is -2.35. The van der Waals surface area contributed by atoms with E-state index in [9.17, 15) is 14.0 Å². The van der Waals surface area contributed by atoms with Gasteiger partial charge in [-0.3, -0.25) is 9.59 Å². The van der Waals surface area contributed by atoms with Crippen molar-refractivity contribution in [1.29, 1.82) is 0 Å². The molecule has 1 amide bonds. The monoisotopic (exact) mass is 278 g/mol. The second-order valence-electron chi connectivity index (χ2n) is 5.32. The molecule has 0 unspecified atom stereocenters. The van der Waals surface area contributed by atoms with Crippen molar-refractivity contribution in [2.24, 2.45) is 11.7 Å². The van der Waals surface area contributed by atoms with Crippen molar-refractivity contribution in [2.45, 2.75) is 26.2 Å². The first-order valence-electron chi connectivity index (χ1n) is 6.81. The van der Waals surface area contributed by atoms with Crippen LogP contribution in [0.15, 0.2) is 18.2 Å². The zero-order valence-electron chi connectivity index (χ0n) is 11.6. The van der Waals surface area contributed by atoms with Gasteiger partial charge in [-0.1, -0.05) is 0 Å². The van der Waals surface area contributed by atoms with Crippen LogP contribution in [0.5, 0.6) is 0 Å². The number of ketones is 1. The topological polar surface area (TPSA) is 63.4 Å². The molecule has 0 bridgehead atoms. The molecule has 1 aliphatic rings. The molecule has 1 aromatic rings. The second kappa shape index (κ2) is 6.03. The van der Waals surface area contributed by atoms with E-state index in [1.807, 2.05) is 4.90 Å². The Balaban J connectivity index is 2.03. The van der Waals surface area contributed by atoms with Gasteiger partial charge in [0.05, 0.1) is 5.69 Å². The van der Waals surface area contributed by atoms with E-state index in [0.29, 0.717) is 36.7 Å². The Morgan fingerprint density at radius 3 is 2.50 bits per heavy atom. The molecule has 1 aromatic carbocycles. The highest BCUT2D eigenvalue weighted by Crippen LogP contribution is 2.27. The number of hydrogen-bond donors (Lipinski definition) is 1. The zero-order chi connectivity index (χ0) is 14.7. The average Bonchev–Trinajstić information content (AvgIpc) is 2.39. The Morgan fingerprint density at radius 1 is 1.35 bits per heavy atom. The predicted octanol–water partition coefficient (Wildman–Crippen LogP) is 2.12. The van der Waals surface area contributed by atoms with Gasteiger partial charge in [-0.25, -0.2) is 4.39 Å². The second-order valence-corrected chi connectivity index (χ2v) is 5.32. The maximum absolute atomic E-state index is 14.0. The maximum Gasteiger partial charge on any atom is 0.217 e. The molecule has 20 heavy (non-hydrogen) atoms. The van der Waals surface area contributed by atoms with E-state index < -0.39 is 0 Å². The molecule has 0 atom stereocenters. The summed E-state index contributed by atoms with van der Waals surface area (Å²) >= 11 is 0. The van der Waals surface area contributed by atoms with Gasteiger partial charge in [0.2, 0.25) is 5.91 Å². The summed E-state index contributed by atoms with van der Waals surface area (Å²) in [4.78, 5) is 24.1.